The minimum Gasteiger partial charge on any atom is -0.355 e. The minimum atomic E-state index is -0.770. The average molecular weight is 422 g/mol. The molecule has 0 bridgehead atoms. The van der Waals surface area contributed by atoms with E-state index in [9.17, 15) is 24.4 Å². The summed E-state index contributed by atoms with van der Waals surface area (Å²) in [7, 11) is 1.54. The van der Waals surface area contributed by atoms with Crippen molar-refractivity contribution in [3.05, 3.63) is 70.8 Å². The Bertz CT molecular complexity index is 1570. The summed E-state index contributed by atoms with van der Waals surface area (Å²) < 4.78 is 0. The Hall–Kier alpha value is -4.36. The average Bonchev–Trinajstić information content (AvgIpc) is 2.83. The molecule has 0 radical (unpaired) electrons. The lowest BCUT2D eigenvalue weighted by Crippen LogP contribution is -2.37. The lowest BCUT2D eigenvalue weighted by molar-refractivity contribution is -0.0377. The summed E-state index contributed by atoms with van der Waals surface area (Å²) in [5.74, 6) is -1.84. The van der Waals surface area contributed by atoms with Gasteiger partial charge in [-0.1, -0.05) is 30.3 Å². The Labute approximate surface area is 180 Å². The normalized spacial score (nSPS) is 13.6. The molecule has 0 saturated carbocycles. The highest BCUT2D eigenvalue weighted by Crippen LogP contribution is 2.44. The first-order valence-corrected chi connectivity index (χ1v) is 9.93. The van der Waals surface area contributed by atoms with E-state index in [0.29, 0.717) is 21.9 Å². The quantitative estimate of drug-likeness (QED) is 0.148. The van der Waals surface area contributed by atoms with Crippen molar-refractivity contribution < 1.29 is 24.4 Å². The largest absolute Gasteiger partial charge is 0.355 e. The van der Waals surface area contributed by atoms with Gasteiger partial charge in [-0.25, -0.2) is 0 Å². The summed E-state index contributed by atoms with van der Waals surface area (Å²) in [6.07, 6.45) is 0.734. The number of hydroxylamine groups is 2. The molecule has 0 spiro atoms. The van der Waals surface area contributed by atoms with Crippen LogP contribution in [0.1, 0.15) is 41.4 Å². The molecule has 0 atom stereocenters. The minimum absolute atomic E-state index is 0.142. The van der Waals surface area contributed by atoms with Crippen molar-refractivity contribution in [1.29, 1.82) is 0 Å². The Kier molecular flexibility index (Phi) is 3.50. The molecule has 6 rings (SSSR count). The molecule has 3 amide bonds. The van der Waals surface area contributed by atoms with Gasteiger partial charge < -0.3 is 5.32 Å². The molecule has 5 aromatic rings. The number of aldehydes is 1. The zero-order valence-electron chi connectivity index (χ0n) is 16.7. The van der Waals surface area contributed by atoms with Gasteiger partial charge in [0.1, 0.15) is 0 Å². The zero-order valence-corrected chi connectivity index (χ0v) is 16.7. The number of imide groups is 1. The molecule has 1 aliphatic rings. The number of benzene rings is 5. The molecular formula is C25H14N2O5. The lowest BCUT2D eigenvalue weighted by atomic mass is 9.83. The summed E-state index contributed by atoms with van der Waals surface area (Å²) in [4.78, 5) is 49.6. The molecule has 7 heteroatoms. The molecule has 32 heavy (non-hydrogen) atoms. The van der Waals surface area contributed by atoms with Crippen LogP contribution in [-0.2, 0) is 0 Å². The van der Waals surface area contributed by atoms with Crippen molar-refractivity contribution in [2.75, 3.05) is 7.05 Å². The summed E-state index contributed by atoms with van der Waals surface area (Å²) in [6, 6.07) is 13.7. The van der Waals surface area contributed by atoms with E-state index in [-0.39, 0.29) is 22.1 Å². The predicted molar refractivity (Wildman–Crippen MR) is 119 cm³/mol. The smallest absolute Gasteiger partial charge is 0.285 e. The van der Waals surface area contributed by atoms with Crippen LogP contribution in [0, 0.1) is 0 Å². The molecule has 7 nitrogen and oxygen atoms in total. The van der Waals surface area contributed by atoms with Gasteiger partial charge in [-0.15, -0.1) is 5.06 Å². The second-order valence-corrected chi connectivity index (χ2v) is 7.80. The highest BCUT2D eigenvalue weighted by Gasteiger charge is 2.33. The van der Waals surface area contributed by atoms with Crippen LogP contribution in [0.2, 0.25) is 0 Å². The third-order valence-electron chi connectivity index (χ3n) is 6.38. The fraction of sp³-hybridized carbons (Fsp3) is 0.0400. The van der Waals surface area contributed by atoms with E-state index < -0.39 is 11.8 Å². The summed E-state index contributed by atoms with van der Waals surface area (Å²) >= 11 is 0. The number of carbonyl (C=O) groups is 4. The summed E-state index contributed by atoms with van der Waals surface area (Å²) in [5, 5.41) is 18.5. The Morgan fingerprint density at radius 3 is 1.81 bits per heavy atom. The maximum atomic E-state index is 12.6. The van der Waals surface area contributed by atoms with Gasteiger partial charge in [0.05, 0.1) is 11.1 Å². The number of nitrogens with one attached hydrogen (secondary N) is 1. The zero-order chi connectivity index (χ0) is 22.3. The lowest BCUT2D eigenvalue weighted by Gasteiger charge is -2.24. The number of amides is 3. The molecule has 5 aromatic carbocycles. The van der Waals surface area contributed by atoms with Gasteiger partial charge in [-0.2, -0.15) is 0 Å². The van der Waals surface area contributed by atoms with Crippen LogP contribution in [-0.4, -0.2) is 41.3 Å². The number of hydrogen-bond donors (Lipinski definition) is 2. The van der Waals surface area contributed by atoms with Crippen molar-refractivity contribution in [3.63, 3.8) is 0 Å². The van der Waals surface area contributed by atoms with E-state index in [1.54, 1.807) is 36.4 Å². The van der Waals surface area contributed by atoms with Crippen LogP contribution >= 0.6 is 0 Å². The van der Waals surface area contributed by atoms with Gasteiger partial charge in [-0.05, 0) is 50.5 Å². The molecule has 0 aromatic heterocycles. The molecule has 1 heterocycles. The molecule has 0 fully saturated rings. The van der Waals surface area contributed by atoms with E-state index in [1.165, 1.54) is 7.05 Å². The van der Waals surface area contributed by atoms with Gasteiger partial charge in [0.15, 0.2) is 6.29 Å². The van der Waals surface area contributed by atoms with E-state index in [4.69, 9.17) is 0 Å². The van der Waals surface area contributed by atoms with Crippen molar-refractivity contribution in [2.45, 2.75) is 0 Å². The third kappa shape index (κ3) is 2.03. The second-order valence-electron chi connectivity index (χ2n) is 7.80. The van der Waals surface area contributed by atoms with Crippen molar-refractivity contribution in [1.82, 2.24) is 10.4 Å². The van der Waals surface area contributed by atoms with Crippen LogP contribution in [0.25, 0.3) is 43.1 Å². The van der Waals surface area contributed by atoms with Gasteiger partial charge in [0.2, 0.25) is 0 Å². The van der Waals surface area contributed by atoms with E-state index >= 15 is 0 Å². The Morgan fingerprint density at radius 2 is 1.28 bits per heavy atom. The van der Waals surface area contributed by atoms with Gasteiger partial charge in [0.25, 0.3) is 17.7 Å². The molecular weight excluding hydrogens is 408 g/mol. The maximum Gasteiger partial charge on any atom is 0.285 e. The van der Waals surface area contributed by atoms with Crippen molar-refractivity contribution in [2.24, 2.45) is 0 Å². The maximum absolute atomic E-state index is 12.6. The van der Waals surface area contributed by atoms with Crippen LogP contribution < -0.4 is 5.32 Å². The van der Waals surface area contributed by atoms with Gasteiger partial charge in [0, 0.05) is 28.9 Å². The molecule has 1 aliphatic heterocycles. The number of carbonyl (C=O) groups excluding carboxylic acids is 4. The number of hydrogen-bond acceptors (Lipinski definition) is 5. The van der Waals surface area contributed by atoms with Gasteiger partial charge in [-0.3, -0.25) is 24.4 Å². The number of rotatable bonds is 2. The second kappa shape index (κ2) is 6.09. The molecule has 2 N–H and O–H groups in total. The van der Waals surface area contributed by atoms with Crippen molar-refractivity contribution >= 4 is 67.1 Å². The summed E-state index contributed by atoms with van der Waals surface area (Å²) in [6.45, 7) is 0. The molecule has 0 unspecified atom stereocenters. The Balaban J connectivity index is 1.92. The van der Waals surface area contributed by atoms with Gasteiger partial charge >= 0.3 is 0 Å². The molecule has 0 saturated heterocycles. The highest BCUT2D eigenvalue weighted by atomic mass is 16.5. The first-order valence-electron chi connectivity index (χ1n) is 9.93. The SMILES string of the molecule is CNC(=O)c1ccc2c3ccc4c5c(ccc(c6ccc(C=O)c1c62)c53)C(=O)N(O)C4=O. The Morgan fingerprint density at radius 1 is 0.781 bits per heavy atom. The highest BCUT2D eigenvalue weighted by molar-refractivity contribution is 6.39. The first-order chi connectivity index (χ1) is 15.5. The topological polar surface area (TPSA) is 104 Å². The third-order valence-corrected chi connectivity index (χ3v) is 6.38. The fourth-order valence-electron chi connectivity index (χ4n) is 5.01. The van der Waals surface area contributed by atoms with Crippen LogP contribution in [0.15, 0.2) is 48.5 Å². The van der Waals surface area contributed by atoms with Crippen LogP contribution in [0.4, 0.5) is 0 Å². The molecule has 0 aliphatic carbocycles. The van der Waals surface area contributed by atoms with E-state index in [0.717, 1.165) is 38.6 Å². The number of nitrogens with zero attached hydrogens (tertiary/aromatic N) is 1. The van der Waals surface area contributed by atoms with Crippen molar-refractivity contribution in [3.8, 4) is 0 Å². The monoisotopic (exact) mass is 422 g/mol. The van der Waals surface area contributed by atoms with E-state index in [2.05, 4.69) is 5.32 Å². The van der Waals surface area contributed by atoms with Crippen LogP contribution in [0.5, 0.6) is 0 Å². The standard InChI is InChI=1S/C25H14N2O5/c1-26-23(29)16-7-4-13-15-6-9-18-22-17(24(30)27(32)25(18)31)8-5-14(21(15)22)12-3-2-11(10-28)19(16)20(12)13/h2-10,32H,1H3,(H,26,29). The van der Waals surface area contributed by atoms with E-state index in [1.807, 2.05) is 12.1 Å². The predicted octanol–water partition coefficient (Wildman–Crippen LogP) is 3.89. The molecule has 154 valence electrons. The fourth-order valence-corrected chi connectivity index (χ4v) is 5.01. The van der Waals surface area contributed by atoms with Crippen LogP contribution in [0.3, 0.4) is 0 Å². The number of fused-ring (bicyclic) bond motifs is 2. The first kappa shape index (κ1) is 18.4. The summed E-state index contributed by atoms with van der Waals surface area (Å²) in [5.41, 5.74) is 1.29.